The van der Waals surface area contributed by atoms with Crippen LogP contribution >= 0.6 is 15.9 Å². The fraction of sp³-hybridized carbons (Fsp3) is 0.200. The topological polar surface area (TPSA) is 87.8 Å². The van der Waals surface area contributed by atoms with Crippen LogP contribution in [0.3, 0.4) is 0 Å². The maximum atomic E-state index is 13.9. The van der Waals surface area contributed by atoms with E-state index in [1.165, 1.54) is 6.20 Å². The summed E-state index contributed by atoms with van der Waals surface area (Å²) in [5, 5.41) is 4.43. The molecule has 0 saturated heterocycles. The SMILES string of the molecule is Cc1c(C(=O)N(Cc2ccccc2)Cc2ccccc2)oc2c1/C(=N/NC(=O)c1cncc(Br)c1)CCC2. The summed E-state index contributed by atoms with van der Waals surface area (Å²) in [5.74, 6) is 0.522. The van der Waals surface area contributed by atoms with Crippen LogP contribution < -0.4 is 5.43 Å². The molecule has 2 amide bonds. The van der Waals surface area contributed by atoms with Gasteiger partial charge in [0.1, 0.15) is 5.76 Å². The highest BCUT2D eigenvalue weighted by molar-refractivity contribution is 9.10. The van der Waals surface area contributed by atoms with Gasteiger partial charge >= 0.3 is 0 Å². The normalized spacial score (nSPS) is 13.7. The van der Waals surface area contributed by atoms with Gasteiger partial charge in [-0.25, -0.2) is 5.43 Å². The number of carbonyl (C=O) groups excluding carboxylic acids is 2. The summed E-state index contributed by atoms with van der Waals surface area (Å²) in [6.07, 6.45) is 5.31. The van der Waals surface area contributed by atoms with E-state index in [-0.39, 0.29) is 11.8 Å². The predicted octanol–water partition coefficient (Wildman–Crippen LogP) is 6.06. The van der Waals surface area contributed by atoms with Gasteiger partial charge < -0.3 is 9.32 Å². The smallest absolute Gasteiger partial charge is 0.290 e. The lowest BCUT2D eigenvalue weighted by molar-refractivity contribution is 0.0694. The molecule has 0 saturated carbocycles. The van der Waals surface area contributed by atoms with Crippen molar-refractivity contribution in [2.24, 2.45) is 5.10 Å². The third-order valence-corrected chi connectivity index (χ3v) is 6.93. The van der Waals surface area contributed by atoms with Gasteiger partial charge in [0.15, 0.2) is 5.76 Å². The molecule has 2 heterocycles. The second-order valence-corrected chi connectivity index (χ2v) is 10.1. The van der Waals surface area contributed by atoms with Crippen molar-refractivity contribution in [2.45, 2.75) is 39.3 Å². The number of nitrogens with one attached hydrogen (secondary N) is 1. The van der Waals surface area contributed by atoms with Crippen LogP contribution in [-0.2, 0) is 19.5 Å². The van der Waals surface area contributed by atoms with Crippen LogP contribution in [0.25, 0.3) is 0 Å². The Kier molecular flexibility index (Phi) is 7.79. The standard InChI is InChI=1S/C30H27BrN4O3/c1-20-27-25(33-34-29(36)23-15-24(31)17-32-16-23)13-8-14-26(27)38-28(20)30(37)35(18-21-9-4-2-5-10-21)19-22-11-6-3-7-12-22/h2-7,9-12,15-17H,8,13-14,18-19H2,1H3,(H,34,36)/b33-25+. The van der Waals surface area contributed by atoms with E-state index in [1.54, 1.807) is 17.2 Å². The third-order valence-electron chi connectivity index (χ3n) is 6.50. The first-order valence-corrected chi connectivity index (χ1v) is 13.3. The molecule has 0 unspecified atom stereocenters. The molecule has 38 heavy (non-hydrogen) atoms. The number of fused-ring (bicyclic) bond motifs is 1. The zero-order chi connectivity index (χ0) is 26.5. The molecule has 2 aromatic carbocycles. The lowest BCUT2D eigenvalue weighted by atomic mass is 9.93. The van der Waals surface area contributed by atoms with Crippen molar-refractivity contribution in [3.8, 4) is 0 Å². The minimum Gasteiger partial charge on any atom is -0.455 e. The van der Waals surface area contributed by atoms with Crippen molar-refractivity contribution in [1.29, 1.82) is 0 Å². The summed E-state index contributed by atoms with van der Waals surface area (Å²) in [7, 11) is 0. The number of carbonyl (C=O) groups is 2. The highest BCUT2D eigenvalue weighted by atomic mass is 79.9. The summed E-state index contributed by atoms with van der Waals surface area (Å²) < 4.78 is 6.90. The van der Waals surface area contributed by atoms with E-state index >= 15 is 0 Å². The molecule has 0 radical (unpaired) electrons. The summed E-state index contributed by atoms with van der Waals surface area (Å²) >= 11 is 3.33. The van der Waals surface area contributed by atoms with E-state index in [0.29, 0.717) is 47.4 Å². The third kappa shape index (κ3) is 5.75. The molecule has 7 nitrogen and oxygen atoms in total. The van der Waals surface area contributed by atoms with Gasteiger partial charge in [-0.2, -0.15) is 5.10 Å². The molecular weight excluding hydrogens is 544 g/mol. The first kappa shape index (κ1) is 25.6. The first-order chi connectivity index (χ1) is 18.5. The van der Waals surface area contributed by atoms with Crippen LogP contribution in [-0.4, -0.2) is 27.4 Å². The number of hydrazone groups is 1. The molecule has 1 aliphatic rings. The lowest BCUT2D eigenvalue weighted by Gasteiger charge is -2.22. The van der Waals surface area contributed by atoms with E-state index in [2.05, 4.69) is 31.4 Å². The van der Waals surface area contributed by atoms with Crippen molar-refractivity contribution >= 4 is 33.5 Å². The number of furan rings is 1. The highest BCUT2D eigenvalue weighted by Crippen LogP contribution is 2.31. The first-order valence-electron chi connectivity index (χ1n) is 12.5. The average Bonchev–Trinajstić information content (AvgIpc) is 3.29. The molecule has 0 atom stereocenters. The minimum atomic E-state index is -0.354. The van der Waals surface area contributed by atoms with E-state index in [9.17, 15) is 9.59 Å². The van der Waals surface area contributed by atoms with E-state index in [4.69, 9.17) is 4.42 Å². The molecular formula is C30H27BrN4O3. The van der Waals surface area contributed by atoms with E-state index in [1.807, 2.05) is 67.6 Å². The summed E-state index contributed by atoms with van der Waals surface area (Å²) in [4.78, 5) is 32.4. The molecule has 0 fully saturated rings. The number of hydrogen-bond donors (Lipinski definition) is 1. The number of halogens is 1. The Bertz CT molecular complexity index is 1440. The van der Waals surface area contributed by atoms with Crippen LogP contribution in [0.2, 0.25) is 0 Å². The Morgan fingerprint density at radius 1 is 1.00 bits per heavy atom. The fourth-order valence-electron chi connectivity index (χ4n) is 4.65. The van der Waals surface area contributed by atoms with Gasteiger partial charge in [0, 0.05) is 47.5 Å². The number of hydrogen-bond acceptors (Lipinski definition) is 5. The van der Waals surface area contributed by atoms with Gasteiger partial charge in [0.05, 0.1) is 11.3 Å². The van der Waals surface area contributed by atoms with E-state index in [0.717, 1.165) is 34.4 Å². The number of amides is 2. The summed E-state index contributed by atoms with van der Waals surface area (Å²) in [6.45, 7) is 2.80. The van der Waals surface area contributed by atoms with Crippen LogP contribution in [0.15, 0.2) is 93.1 Å². The molecule has 2 aromatic heterocycles. The largest absolute Gasteiger partial charge is 0.455 e. The van der Waals surface area contributed by atoms with Crippen LogP contribution in [0, 0.1) is 6.92 Å². The second-order valence-electron chi connectivity index (χ2n) is 9.23. The molecule has 8 heteroatoms. The van der Waals surface area contributed by atoms with Gasteiger partial charge in [-0.3, -0.25) is 14.6 Å². The monoisotopic (exact) mass is 570 g/mol. The molecule has 1 aliphatic carbocycles. The molecule has 1 N–H and O–H groups in total. The maximum Gasteiger partial charge on any atom is 0.290 e. The van der Waals surface area contributed by atoms with Gasteiger partial charge in [0.25, 0.3) is 11.8 Å². The van der Waals surface area contributed by atoms with Gasteiger partial charge in [-0.1, -0.05) is 60.7 Å². The summed E-state index contributed by atoms with van der Waals surface area (Å²) in [6, 6.07) is 21.5. The van der Waals surface area contributed by atoms with Crippen LogP contribution in [0.4, 0.5) is 0 Å². The van der Waals surface area contributed by atoms with E-state index < -0.39 is 0 Å². The van der Waals surface area contributed by atoms with Gasteiger partial charge in [-0.15, -0.1) is 0 Å². The Labute approximate surface area is 229 Å². The van der Waals surface area contributed by atoms with Crippen molar-refractivity contribution in [3.63, 3.8) is 0 Å². The number of aryl methyl sites for hydroxylation is 1. The Morgan fingerprint density at radius 2 is 1.66 bits per heavy atom. The van der Waals surface area contributed by atoms with Crippen molar-refractivity contribution < 1.29 is 14.0 Å². The molecule has 192 valence electrons. The van der Waals surface area contributed by atoms with Gasteiger partial charge in [-0.05, 0) is 52.9 Å². The second kappa shape index (κ2) is 11.6. The Balaban J connectivity index is 1.43. The number of benzene rings is 2. The van der Waals surface area contributed by atoms with Crippen molar-refractivity contribution in [1.82, 2.24) is 15.3 Å². The van der Waals surface area contributed by atoms with Crippen LogP contribution in [0.1, 0.15) is 61.8 Å². The Hall–Kier alpha value is -4.04. The van der Waals surface area contributed by atoms with Gasteiger partial charge in [0.2, 0.25) is 0 Å². The Morgan fingerprint density at radius 3 is 2.29 bits per heavy atom. The zero-order valence-corrected chi connectivity index (χ0v) is 22.6. The van der Waals surface area contributed by atoms with Crippen molar-refractivity contribution in [2.75, 3.05) is 0 Å². The van der Waals surface area contributed by atoms with Crippen LogP contribution in [0.5, 0.6) is 0 Å². The fourth-order valence-corrected chi connectivity index (χ4v) is 5.02. The number of aromatic nitrogens is 1. The molecule has 0 bridgehead atoms. The molecule has 0 spiro atoms. The quantitative estimate of drug-likeness (QED) is 0.273. The number of pyridine rings is 1. The number of nitrogens with zero attached hydrogens (tertiary/aromatic N) is 3. The predicted molar refractivity (Wildman–Crippen MR) is 149 cm³/mol. The zero-order valence-electron chi connectivity index (χ0n) is 21.0. The molecule has 4 aromatic rings. The minimum absolute atomic E-state index is 0.173. The molecule has 5 rings (SSSR count). The average molecular weight is 571 g/mol. The summed E-state index contributed by atoms with van der Waals surface area (Å²) in [5.41, 5.74) is 7.38. The van der Waals surface area contributed by atoms with Crippen molar-refractivity contribution in [3.05, 3.63) is 123 Å². The maximum absolute atomic E-state index is 13.9. The lowest BCUT2D eigenvalue weighted by Crippen LogP contribution is -2.30. The highest BCUT2D eigenvalue weighted by Gasteiger charge is 2.30. The number of rotatable bonds is 7. The molecule has 0 aliphatic heterocycles.